The molecule has 19 heavy (non-hydrogen) atoms. The van der Waals surface area contributed by atoms with Gasteiger partial charge in [0.25, 0.3) is 0 Å². The largest absolute Gasteiger partial charge is 0.469 e. The van der Waals surface area contributed by atoms with Crippen molar-refractivity contribution in [2.24, 2.45) is 0 Å². The van der Waals surface area contributed by atoms with E-state index in [0.717, 1.165) is 18.4 Å². The van der Waals surface area contributed by atoms with Crippen LogP contribution in [-0.4, -0.2) is 18.6 Å². The molecule has 0 heterocycles. The van der Waals surface area contributed by atoms with Crippen LogP contribution in [-0.2, 0) is 16.1 Å². The van der Waals surface area contributed by atoms with Crippen LogP contribution in [0, 0.1) is 5.82 Å². The Kier molecular flexibility index (Phi) is 5.96. The van der Waals surface area contributed by atoms with E-state index in [0.29, 0.717) is 13.0 Å². The second-order valence-electron chi connectivity index (χ2n) is 4.72. The molecule has 3 nitrogen and oxygen atoms in total. The van der Waals surface area contributed by atoms with Gasteiger partial charge in [0.1, 0.15) is 5.82 Å². The lowest BCUT2D eigenvalue weighted by Crippen LogP contribution is -2.45. The maximum atomic E-state index is 13.1. The highest BCUT2D eigenvalue weighted by molar-refractivity contribution is 5.70. The van der Waals surface area contributed by atoms with Crippen molar-refractivity contribution in [2.75, 3.05) is 7.11 Å². The summed E-state index contributed by atoms with van der Waals surface area (Å²) < 4.78 is 17.9. The summed E-state index contributed by atoms with van der Waals surface area (Å²) in [6, 6.07) is 6.47. The molecule has 1 rings (SSSR count). The normalized spacial score (nSPS) is 11.4. The molecule has 0 fully saturated rings. The molecule has 1 aromatic carbocycles. The van der Waals surface area contributed by atoms with E-state index in [4.69, 9.17) is 4.74 Å². The number of nitrogens with one attached hydrogen (secondary N) is 1. The van der Waals surface area contributed by atoms with Gasteiger partial charge in [0.15, 0.2) is 0 Å². The average molecular weight is 267 g/mol. The van der Waals surface area contributed by atoms with Gasteiger partial charge in [-0.15, -0.1) is 0 Å². The van der Waals surface area contributed by atoms with E-state index in [1.807, 2.05) is 19.9 Å². The molecule has 0 radical (unpaired) electrons. The maximum Gasteiger partial charge on any atom is 0.307 e. The number of esters is 1. The van der Waals surface area contributed by atoms with Crippen molar-refractivity contribution < 1.29 is 13.9 Å². The van der Waals surface area contributed by atoms with Gasteiger partial charge in [-0.05, 0) is 30.5 Å². The number of ether oxygens (including phenoxy) is 1. The van der Waals surface area contributed by atoms with Gasteiger partial charge >= 0.3 is 5.97 Å². The Hall–Kier alpha value is -1.42. The average Bonchev–Trinajstić information content (AvgIpc) is 2.43. The SMILES string of the molecule is CCC(CC)(CC(=O)OC)NCc1cccc(F)c1. The first kappa shape index (κ1) is 15.6. The fraction of sp³-hybridized carbons (Fsp3) is 0.533. The first-order chi connectivity index (χ1) is 9.05. The summed E-state index contributed by atoms with van der Waals surface area (Å²) in [5.74, 6) is -0.471. The minimum absolute atomic E-state index is 0.226. The zero-order valence-electron chi connectivity index (χ0n) is 11.8. The molecule has 0 saturated carbocycles. The summed E-state index contributed by atoms with van der Waals surface area (Å²) >= 11 is 0. The summed E-state index contributed by atoms with van der Waals surface area (Å²) in [6.07, 6.45) is 1.95. The number of hydrogen-bond donors (Lipinski definition) is 1. The molecule has 0 aliphatic rings. The standard InChI is InChI=1S/C15H22FNO2/c1-4-15(5-2,10-14(18)19-3)17-11-12-7-6-8-13(16)9-12/h6-9,17H,4-5,10-11H2,1-3H3. The Labute approximate surface area is 114 Å². The maximum absolute atomic E-state index is 13.1. The summed E-state index contributed by atoms with van der Waals surface area (Å²) in [4.78, 5) is 11.5. The predicted molar refractivity (Wildman–Crippen MR) is 73.2 cm³/mol. The van der Waals surface area contributed by atoms with Crippen LogP contribution >= 0.6 is 0 Å². The number of methoxy groups -OCH3 is 1. The molecular formula is C15H22FNO2. The van der Waals surface area contributed by atoms with E-state index in [2.05, 4.69) is 5.32 Å². The fourth-order valence-electron chi connectivity index (χ4n) is 2.10. The summed E-state index contributed by atoms with van der Waals surface area (Å²) in [5.41, 5.74) is 0.579. The second kappa shape index (κ2) is 7.24. The van der Waals surface area contributed by atoms with E-state index in [-0.39, 0.29) is 17.3 Å². The number of rotatable bonds is 7. The zero-order chi connectivity index (χ0) is 14.3. The van der Waals surface area contributed by atoms with Gasteiger partial charge in [-0.2, -0.15) is 0 Å². The van der Waals surface area contributed by atoms with Gasteiger partial charge in [0.05, 0.1) is 13.5 Å². The van der Waals surface area contributed by atoms with E-state index < -0.39 is 0 Å². The highest BCUT2D eigenvalue weighted by Crippen LogP contribution is 2.21. The zero-order valence-corrected chi connectivity index (χ0v) is 11.8. The topological polar surface area (TPSA) is 38.3 Å². The number of benzene rings is 1. The van der Waals surface area contributed by atoms with Crippen molar-refractivity contribution >= 4 is 5.97 Å². The number of hydrogen-bond acceptors (Lipinski definition) is 3. The summed E-state index contributed by atoms with van der Waals surface area (Å²) in [5, 5.41) is 3.37. The molecule has 4 heteroatoms. The van der Waals surface area contributed by atoms with E-state index >= 15 is 0 Å². The number of halogens is 1. The van der Waals surface area contributed by atoms with E-state index in [1.54, 1.807) is 6.07 Å². The molecule has 0 aromatic heterocycles. The van der Waals surface area contributed by atoms with Crippen molar-refractivity contribution in [1.29, 1.82) is 0 Å². The van der Waals surface area contributed by atoms with Gasteiger partial charge in [0.2, 0.25) is 0 Å². The molecule has 0 saturated heterocycles. The van der Waals surface area contributed by atoms with Crippen LogP contribution in [0.15, 0.2) is 24.3 Å². The minimum Gasteiger partial charge on any atom is -0.469 e. The molecule has 0 amide bonds. The van der Waals surface area contributed by atoms with Gasteiger partial charge in [0, 0.05) is 12.1 Å². The van der Waals surface area contributed by atoms with Gasteiger partial charge in [-0.1, -0.05) is 26.0 Å². The van der Waals surface area contributed by atoms with E-state index in [1.165, 1.54) is 19.2 Å². The van der Waals surface area contributed by atoms with Crippen molar-refractivity contribution in [2.45, 2.75) is 45.2 Å². The molecular weight excluding hydrogens is 245 g/mol. The summed E-state index contributed by atoms with van der Waals surface area (Å²) in [7, 11) is 1.39. The quantitative estimate of drug-likeness (QED) is 0.772. The first-order valence-corrected chi connectivity index (χ1v) is 6.61. The molecule has 1 aromatic rings. The van der Waals surface area contributed by atoms with Crippen LogP contribution in [0.25, 0.3) is 0 Å². The molecule has 0 aliphatic heterocycles. The Balaban J connectivity index is 2.70. The Bertz CT molecular complexity index is 416. The van der Waals surface area contributed by atoms with Gasteiger partial charge in [-0.3, -0.25) is 4.79 Å². The summed E-state index contributed by atoms with van der Waals surface area (Å²) in [6.45, 7) is 4.60. The van der Waals surface area contributed by atoms with Crippen molar-refractivity contribution in [1.82, 2.24) is 5.32 Å². The molecule has 0 unspecified atom stereocenters. The molecule has 106 valence electrons. The smallest absolute Gasteiger partial charge is 0.307 e. The van der Waals surface area contributed by atoms with Gasteiger partial charge < -0.3 is 10.1 Å². The molecule has 0 spiro atoms. The Morgan fingerprint density at radius 2 is 2.05 bits per heavy atom. The highest BCUT2D eigenvalue weighted by atomic mass is 19.1. The first-order valence-electron chi connectivity index (χ1n) is 6.61. The van der Waals surface area contributed by atoms with Crippen molar-refractivity contribution in [3.05, 3.63) is 35.6 Å². The van der Waals surface area contributed by atoms with Crippen LogP contribution in [0.2, 0.25) is 0 Å². The lowest BCUT2D eigenvalue weighted by Gasteiger charge is -2.32. The predicted octanol–water partition coefficient (Wildman–Crippen LogP) is 3.04. The third-order valence-corrected chi connectivity index (χ3v) is 3.62. The Morgan fingerprint density at radius 3 is 2.58 bits per heavy atom. The van der Waals surface area contributed by atoms with Crippen LogP contribution in [0.5, 0.6) is 0 Å². The van der Waals surface area contributed by atoms with Crippen LogP contribution < -0.4 is 5.32 Å². The van der Waals surface area contributed by atoms with Gasteiger partial charge in [-0.25, -0.2) is 4.39 Å². The molecule has 0 atom stereocenters. The molecule has 0 bridgehead atoms. The van der Waals surface area contributed by atoms with Crippen molar-refractivity contribution in [3.63, 3.8) is 0 Å². The van der Waals surface area contributed by atoms with Crippen molar-refractivity contribution in [3.8, 4) is 0 Å². The molecule has 0 aliphatic carbocycles. The lowest BCUT2D eigenvalue weighted by atomic mass is 9.88. The third-order valence-electron chi connectivity index (χ3n) is 3.62. The molecule has 1 N–H and O–H groups in total. The van der Waals surface area contributed by atoms with E-state index in [9.17, 15) is 9.18 Å². The Morgan fingerprint density at radius 1 is 1.37 bits per heavy atom. The van der Waals surface area contributed by atoms with Crippen LogP contribution in [0.4, 0.5) is 4.39 Å². The second-order valence-corrected chi connectivity index (χ2v) is 4.72. The lowest BCUT2D eigenvalue weighted by molar-refractivity contribution is -0.142. The van der Waals surface area contributed by atoms with Crippen LogP contribution in [0.3, 0.4) is 0 Å². The number of carbonyl (C=O) groups excluding carboxylic acids is 1. The van der Waals surface area contributed by atoms with Crippen LogP contribution in [0.1, 0.15) is 38.7 Å². The number of carbonyl (C=O) groups is 1. The third kappa shape index (κ3) is 4.63. The minimum atomic E-state index is -0.292. The highest BCUT2D eigenvalue weighted by Gasteiger charge is 2.29. The monoisotopic (exact) mass is 267 g/mol. The fourth-order valence-corrected chi connectivity index (χ4v) is 2.10.